The van der Waals surface area contributed by atoms with Gasteiger partial charge in [-0.3, -0.25) is 4.98 Å². The topological polar surface area (TPSA) is 62.7 Å². The zero-order valence-corrected chi connectivity index (χ0v) is 8.08. The fourth-order valence-electron chi connectivity index (χ4n) is 1.17. The Labute approximate surface area is 85.4 Å². The maximum atomic E-state index is 8.68. The van der Waals surface area contributed by atoms with Gasteiger partial charge in [0.1, 0.15) is 10.9 Å². The number of nitrogens with zero attached hydrogens (tertiary/aromatic N) is 2. The van der Waals surface area contributed by atoms with E-state index in [1.54, 1.807) is 18.5 Å². The first kappa shape index (κ1) is 8.73. The van der Waals surface area contributed by atoms with Crippen LogP contribution in [0.2, 0.25) is 0 Å². The fourth-order valence-corrected chi connectivity index (χ4v) is 2.02. The lowest BCUT2D eigenvalue weighted by Crippen LogP contribution is -1.88. The Bertz CT molecular complexity index is 496. The van der Waals surface area contributed by atoms with Gasteiger partial charge in [-0.05, 0) is 18.2 Å². The Morgan fingerprint density at radius 3 is 2.86 bits per heavy atom. The molecule has 0 atom stereocenters. The van der Waals surface area contributed by atoms with Gasteiger partial charge in [-0.1, -0.05) is 0 Å². The van der Waals surface area contributed by atoms with Crippen LogP contribution in [-0.2, 0) is 0 Å². The van der Waals surface area contributed by atoms with Gasteiger partial charge in [-0.15, -0.1) is 11.3 Å². The summed E-state index contributed by atoms with van der Waals surface area (Å²) in [4.78, 5) is 5.60. The normalized spacial score (nSPS) is 9.64. The van der Waals surface area contributed by atoms with Gasteiger partial charge in [-0.25, -0.2) is 0 Å². The lowest BCUT2D eigenvalue weighted by Gasteiger charge is -1.99. The lowest BCUT2D eigenvalue weighted by atomic mass is 10.2. The average Bonchev–Trinajstić information content (AvgIpc) is 2.67. The molecular formula is C10H7N3S. The molecule has 0 aromatic carbocycles. The molecule has 2 heterocycles. The standard InChI is InChI=1S/C10H7N3S/c11-5-7-1-2-10(14-7)8-3-4-13-6-9(8)12/h1-4,6H,12H2. The molecule has 0 fully saturated rings. The third-order valence-electron chi connectivity index (χ3n) is 1.83. The van der Waals surface area contributed by atoms with Crippen LogP contribution in [0.1, 0.15) is 4.88 Å². The number of hydrogen-bond donors (Lipinski definition) is 1. The number of thiophene rings is 1. The van der Waals surface area contributed by atoms with Gasteiger partial charge in [-0.2, -0.15) is 5.26 Å². The summed E-state index contributed by atoms with van der Waals surface area (Å²) < 4.78 is 0. The molecule has 0 bridgehead atoms. The maximum Gasteiger partial charge on any atom is 0.110 e. The van der Waals surface area contributed by atoms with Crippen molar-refractivity contribution in [2.24, 2.45) is 0 Å². The number of nitrogens with two attached hydrogens (primary N) is 1. The van der Waals surface area contributed by atoms with Crippen LogP contribution in [0.4, 0.5) is 5.69 Å². The summed E-state index contributed by atoms with van der Waals surface area (Å²) in [5.41, 5.74) is 7.34. The average molecular weight is 201 g/mol. The molecule has 2 aromatic heterocycles. The minimum absolute atomic E-state index is 0.638. The number of nitrogen functional groups attached to an aromatic ring is 1. The first-order chi connectivity index (χ1) is 6.81. The van der Waals surface area contributed by atoms with Crippen LogP contribution in [-0.4, -0.2) is 4.98 Å². The highest BCUT2D eigenvalue weighted by atomic mass is 32.1. The van der Waals surface area contributed by atoms with Gasteiger partial charge in [0.25, 0.3) is 0 Å². The van der Waals surface area contributed by atoms with Crippen molar-refractivity contribution in [2.75, 3.05) is 5.73 Å². The molecule has 4 heteroatoms. The number of anilines is 1. The zero-order valence-electron chi connectivity index (χ0n) is 7.27. The number of hydrogen-bond acceptors (Lipinski definition) is 4. The summed E-state index contributed by atoms with van der Waals surface area (Å²) in [7, 11) is 0. The summed E-state index contributed by atoms with van der Waals surface area (Å²) in [6.45, 7) is 0. The summed E-state index contributed by atoms with van der Waals surface area (Å²) in [5.74, 6) is 0. The van der Waals surface area contributed by atoms with Crippen LogP contribution < -0.4 is 5.73 Å². The molecule has 0 radical (unpaired) electrons. The Hall–Kier alpha value is -1.86. The van der Waals surface area contributed by atoms with Crippen LogP contribution in [0.15, 0.2) is 30.6 Å². The van der Waals surface area contributed by atoms with E-state index in [1.165, 1.54) is 11.3 Å². The van der Waals surface area contributed by atoms with Crippen LogP contribution in [0.3, 0.4) is 0 Å². The number of rotatable bonds is 1. The van der Waals surface area contributed by atoms with Gasteiger partial charge >= 0.3 is 0 Å². The highest BCUT2D eigenvalue weighted by Crippen LogP contribution is 2.30. The SMILES string of the molecule is N#Cc1ccc(-c2ccncc2N)s1. The molecule has 0 aliphatic carbocycles. The van der Waals surface area contributed by atoms with Crippen molar-refractivity contribution in [1.82, 2.24) is 4.98 Å². The predicted molar refractivity (Wildman–Crippen MR) is 56.7 cm³/mol. The predicted octanol–water partition coefficient (Wildman–Crippen LogP) is 2.26. The van der Waals surface area contributed by atoms with Crippen LogP contribution >= 0.6 is 11.3 Å². The minimum Gasteiger partial charge on any atom is -0.397 e. The fraction of sp³-hybridized carbons (Fsp3) is 0. The molecule has 2 N–H and O–H groups in total. The third-order valence-corrected chi connectivity index (χ3v) is 2.86. The lowest BCUT2D eigenvalue weighted by molar-refractivity contribution is 1.34. The zero-order chi connectivity index (χ0) is 9.97. The Balaban J connectivity index is 2.51. The Kier molecular flexibility index (Phi) is 2.17. The van der Waals surface area contributed by atoms with Gasteiger partial charge in [0.2, 0.25) is 0 Å². The van der Waals surface area contributed by atoms with Crippen LogP contribution in [0.25, 0.3) is 10.4 Å². The van der Waals surface area contributed by atoms with Crippen molar-refractivity contribution in [1.29, 1.82) is 5.26 Å². The van der Waals surface area contributed by atoms with Gasteiger partial charge in [0, 0.05) is 16.6 Å². The van der Waals surface area contributed by atoms with Gasteiger partial charge in [0.15, 0.2) is 0 Å². The second kappa shape index (κ2) is 3.48. The van der Waals surface area contributed by atoms with E-state index in [1.807, 2.05) is 12.1 Å². The molecule has 0 amide bonds. The molecule has 2 aromatic rings. The molecule has 0 saturated heterocycles. The van der Waals surface area contributed by atoms with E-state index >= 15 is 0 Å². The van der Waals surface area contributed by atoms with Crippen molar-refractivity contribution in [3.63, 3.8) is 0 Å². The van der Waals surface area contributed by atoms with Crippen molar-refractivity contribution >= 4 is 17.0 Å². The second-order valence-electron chi connectivity index (χ2n) is 2.74. The Morgan fingerprint density at radius 2 is 2.21 bits per heavy atom. The van der Waals surface area contributed by atoms with E-state index < -0.39 is 0 Å². The highest BCUT2D eigenvalue weighted by molar-refractivity contribution is 7.16. The summed E-state index contributed by atoms with van der Waals surface area (Å²) >= 11 is 1.43. The molecule has 14 heavy (non-hydrogen) atoms. The van der Waals surface area contributed by atoms with E-state index in [0.717, 1.165) is 10.4 Å². The number of aromatic nitrogens is 1. The summed E-state index contributed by atoms with van der Waals surface area (Å²) in [5, 5.41) is 8.68. The third kappa shape index (κ3) is 1.45. The molecule has 0 spiro atoms. The van der Waals surface area contributed by atoms with Crippen LogP contribution in [0.5, 0.6) is 0 Å². The molecule has 3 nitrogen and oxygen atoms in total. The second-order valence-corrected chi connectivity index (χ2v) is 3.82. The van der Waals surface area contributed by atoms with Gasteiger partial charge < -0.3 is 5.73 Å². The monoisotopic (exact) mass is 201 g/mol. The Morgan fingerprint density at radius 1 is 1.36 bits per heavy atom. The largest absolute Gasteiger partial charge is 0.397 e. The molecule has 0 aliphatic heterocycles. The molecule has 0 saturated carbocycles. The molecule has 0 unspecified atom stereocenters. The van der Waals surface area contributed by atoms with Crippen molar-refractivity contribution in [2.45, 2.75) is 0 Å². The van der Waals surface area contributed by atoms with E-state index in [-0.39, 0.29) is 0 Å². The highest BCUT2D eigenvalue weighted by Gasteiger charge is 2.04. The van der Waals surface area contributed by atoms with E-state index in [4.69, 9.17) is 11.0 Å². The van der Waals surface area contributed by atoms with E-state index in [0.29, 0.717) is 10.6 Å². The molecule has 68 valence electrons. The first-order valence-electron chi connectivity index (χ1n) is 4.01. The quantitative estimate of drug-likeness (QED) is 0.769. The van der Waals surface area contributed by atoms with E-state index in [9.17, 15) is 0 Å². The number of pyridine rings is 1. The molecule has 0 aliphatic rings. The first-order valence-corrected chi connectivity index (χ1v) is 4.82. The maximum absolute atomic E-state index is 8.68. The summed E-state index contributed by atoms with van der Waals surface area (Å²) in [6, 6.07) is 7.64. The smallest absolute Gasteiger partial charge is 0.110 e. The number of nitriles is 1. The van der Waals surface area contributed by atoms with Crippen molar-refractivity contribution < 1.29 is 0 Å². The van der Waals surface area contributed by atoms with E-state index in [2.05, 4.69) is 11.1 Å². The van der Waals surface area contributed by atoms with Crippen molar-refractivity contribution in [3.05, 3.63) is 35.5 Å². The van der Waals surface area contributed by atoms with Gasteiger partial charge in [0.05, 0.1) is 11.9 Å². The molecule has 2 rings (SSSR count). The van der Waals surface area contributed by atoms with Crippen LogP contribution in [0, 0.1) is 11.3 Å². The summed E-state index contributed by atoms with van der Waals surface area (Å²) in [6.07, 6.45) is 3.30. The minimum atomic E-state index is 0.638. The molecular weight excluding hydrogens is 194 g/mol. The van der Waals surface area contributed by atoms with Crippen molar-refractivity contribution in [3.8, 4) is 16.5 Å².